The van der Waals surface area contributed by atoms with Crippen molar-refractivity contribution in [3.05, 3.63) is 48.3 Å². The molecule has 1 amide bonds. The molecule has 3 rings (SSSR count). The molecule has 1 atom stereocenters. The first-order chi connectivity index (χ1) is 12.8. The van der Waals surface area contributed by atoms with Gasteiger partial charge in [0, 0.05) is 37.7 Å². The predicted octanol–water partition coefficient (Wildman–Crippen LogP) is 1.54. The van der Waals surface area contributed by atoms with E-state index in [-0.39, 0.29) is 12.0 Å². The first-order valence-corrected chi connectivity index (χ1v) is 9.07. The molecule has 7 nitrogen and oxygen atoms in total. The van der Waals surface area contributed by atoms with Crippen molar-refractivity contribution in [2.24, 2.45) is 5.73 Å². The van der Waals surface area contributed by atoms with Crippen molar-refractivity contribution in [3.63, 3.8) is 0 Å². The van der Waals surface area contributed by atoms with Crippen molar-refractivity contribution in [2.45, 2.75) is 25.5 Å². The molecule has 2 aromatic rings. The zero-order valence-electron chi connectivity index (χ0n) is 14.9. The Hall–Kier alpha value is -2.38. The van der Waals surface area contributed by atoms with E-state index in [2.05, 4.69) is 5.10 Å². The Kier molecular flexibility index (Phi) is 6.62. The van der Waals surface area contributed by atoms with E-state index in [0.717, 1.165) is 18.6 Å². The van der Waals surface area contributed by atoms with Crippen LogP contribution in [0.5, 0.6) is 5.75 Å². The van der Waals surface area contributed by atoms with Gasteiger partial charge in [0.1, 0.15) is 5.75 Å². The van der Waals surface area contributed by atoms with Crippen LogP contribution in [0.3, 0.4) is 0 Å². The first kappa shape index (κ1) is 18.4. The van der Waals surface area contributed by atoms with Crippen molar-refractivity contribution in [3.8, 4) is 5.75 Å². The lowest BCUT2D eigenvalue weighted by Gasteiger charge is -2.24. The molecule has 140 valence electrons. The summed E-state index contributed by atoms with van der Waals surface area (Å²) in [6, 6.07) is 9.18. The third-order valence-corrected chi connectivity index (χ3v) is 4.31. The summed E-state index contributed by atoms with van der Waals surface area (Å²) in [7, 11) is 0. The molecule has 1 aromatic carbocycles. The Morgan fingerprint density at radius 1 is 1.35 bits per heavy atom. The van der Waals surface area contributed by atoms with E-state index in [1.54, 1.807) is 6.20 Å². The zero-order chi connectivity index (χ0) is 18.2. The standard InChI is InChI=1S/C19H26N4O3/c20-8-1-12-25-17-6-4-16(5-7-17)19(24)22-10-3-13-26-18(14-22)15-23-11-2-9-21-23/h2,4-7,9,11,18H,1,3,8,10,12-15,20H2/t18-/m1/s1. The Bertz CT molecular complexity index is 673. The van der Waals surface area contributed by atoms with Crippen LogP contribution in [0.2, 0.25) is 0 Å². The summed E-state index contributed by atoms with van der Waals surface area (Å²) >= 11 is 0. The molecule has 0 spiro atoms. The lowest BCUT2D eigenvalue weighted by atomic mass is 10.1. The molecule has 0 bridgehead atoms. The molecule has 0 radical (unpaired) electrons. The Labute approximate surface area is 153 Å². The highest BCUT2D eigenvalue weighted by Crippen LogP contribution is 2.16. The van der Waals surface area contributed by atoms with Gasteiger partial charge in [0.2, 0.25) is 0 Å². The lowest BCUT2D eigenvalue weighted by Crippen LogP contribution is -2.38. The quantitative estimate of drug-likeness (QED) is 0.759. The van der Waals surface area contributed by atoms with Gasteiger partial charge in [-0.3, -0.25) is 9.48 Å². The molecule has 1 saturated heterocycles. The normalized spacial score (nSPS) is 17.7. The summed E-state index contributed by atoms with van der Waals surface area (Å²) in [5, 5.41) is 4.22. The van der Waals surface area contributed by atoms with Crippen LogP contribution >= 0.6 is 0 Å². The van der Waals surface area contributed by atoms with Gasteiger partial charge in [-0.1, -0.05) is 0 Å². The van der Waals surface area contributed by atoms with Crippen LogP contribution in [-0.4, -0.2) is 59.5 Å². The summed E-state index contributed by atoms with van der Waals surface area (Å²) in [4.78, 5) is 14.7. The second-order valence-electron chi connectivity index (χ2n) is 6.34. The van der Waals surface area contributed by atoms with Gasteiger partial charge in [0.25, 0.3) is 5.91 Å². The second-order valence-corrected chi connectivity index (χ2v) is 6.34. The van der Waals surface area contributed by atoms with E-state index in [0.29, 0.717) is 45.0 Å². The fourth-order valence-corrected chi connectivity index (χ4v) is 2.96. The molecule has 2 N–H and O–H groups in total. The van der Waals surface area contributed by atoms with Gasteiger partial charge >= 0.3 is 0 Å². The van der Waals surface area contributed by atoms with Crippen molar-refractivity contribution >= 4 is 5.91 Å². The minimum atomic E-state index is -0.0554. The summed E-state index contributed by atoms with van der Waals surface area (Å²) in [5.74, 6) is 0.778. The van der Waals surface area contributed by atoms with Crippen LogP contribution in [0.25, 0.3) is 0 Å². The Balaban J connectivity index is 1.60. The minimum Gasteiger partial charge on any atom is -0.494 e. The van der Waals surface area contributed by atoms with Crippen molar-refractivity contribution in [1.29, 1.82) is 0 Å². The number of aromatic nitrogens is 2. The van der Waals surface area contributed by atoms with E-state index in [1.807, 2.05) is 46.1 Å². The topological polar surface area (TPSA) is 82.6 Å². The van der Waals surface area contributed by atoms with Gasteiger partial charge in [-0.2, -0.15) is 5.10 Å². The third kappa shape index (κ3) is 5.06. The molecule has 0 saturated carbocycles. The van der Waals surface area contributed by atoms with E-state index in [9.17, 15) is 4.79 Å². The number of nitrogens with two attached hydrogens (primary N) is 1. The minimum absolute atomic E-state index is 0.0227. The molecule has 0 aliphatic carbocycles. The molecule has 1 fully saturated rings. The highest BCUT2D eigenvalue weighted by Gasteiger charge is 2.24. The highest BCUT2D eigenvalue weighted by molar-refractivity contribution is 5.94. The second kappa shape index (κ2) is 9.35. The third-order valence-electron chi connectivity index (χ3n) is 4.31. The Morgan fingerprint density at radius 2 is 2.19 bits per heavy atom. The van der Waals surface area contributed by atoms with E-state index < -0.39 is 0 Å². The lowest BCUT2D eigenvalue weighted by molar-refractivity contribution is 0.0367. The summed E-state index contributed by atoms with van der Waals surface area (Å²) in [6.07, 6.45) is 5.24. The number of carbonyl (C=O) groups is 1. The number of carbonyl (C=O) groups excluding carboxylic acids is 1. The summed E-state index contributed by atoms with van der Waals surface area (Å²) < 4.78 is 13.3. The van der Waals surface area contributed by atoms with Crippen molar-refractivity contribution in [2.75, 3.05) is 32.8 Å². The van der Waals surface area contributed by atoms with Crippen LogP contribution in [0.1, 0.15) is 23.2 Å². The Morgan fingerprint density at radius 3 is 2.92 bits per heavy atom. The van der Waals surface area contributed by atoms with Crippen molar-refractivity contribution < 1.29 is 14.3 Å². The summed E-state index contributed by atoms with van der Waals surface area (Å²) in [5.41, 5.74) is 6.12. The summed E-state index contributed by atoms with van der Waals surface area (Å²) in [6.45, 7) is 3.75. The van der Waals surface area contributed by atoms with Gasteiger partial charge in [-0.05, 0) is 49.7 Å². The van der Waals surface area contributed by atoms with E-state index in [4.69, 9.17) is 15.2 Å². The number of hydrogen-bond donors (Lipinski definition) is 1. The first-order valence-electron chi connectivity index (χ1n) is 9.07. The molecular formula is C19H26N4O3. The predicted molar refractivity (Wildman–Crippen MR) is 98.1 cm³/mol. The highest BCUT2D eigenvalue weighted by atomic mass is 16.5. The fourth-order valence-electron chi connectivity index (χ4n) is 2.96. The molecule has 1 aromatic heterocycles. The SMILES string of the molecule is NCCCOc1ccc(C(=O)N2CCCO[C@@H](Cn3cccn3)C2)cc1. The van der Waals surface area contributed by atoms with E-state index >= 15 is 0 Å². The molecule has 7 heteroatoms. The molecule has 2 heterocycles. The van der Waals surface area contributed by atoms with Gasteiger partial charge in [-0.25, -0.2) is 0 Å². The number of hydrogen-bond acceptors (Lipinski definition) is 5. The smallest absolute Gasteiger partial charge is 0.253 e. The largest absolute Gasteiger partial charge is 0.494 e. The number of benzene rings is 1. The number of nitrogens with zero attached hydrogens (tertiary/aromatic N) is 3. The number of rotatable bonds is 7. The molecular weight excluding hydrogens is 332 g/mol. The van der Waals surface area contributed by atoms with Crippen LogP contribution in [0.4, 0.5) is 0 Å². The van der Waals surface area contributed by atoms with Crippen LogP contribution in [-0.2, 0) is 11.3 Å². The molecule has 1 aliphatic heterocycles. The average Bonchev–Trinajstić information content (AvgIpc) is 3.06. The number of amides is 1. The van der Waals surface area contributed by atoms with Gasteiger partial charge in [0.15, 0.2) is 0 Å². The maximum atomic E-state index is 12.9. The molecule has 26 heavy (non-hydrogen) atoms. The molecule has 1 aliphatic rings. The maximum absolute atomic E-state index is 12.9. The fraction of sp³-hybridized carbons (Fsp3) is 0.474. The van der Waals surface area contributed by atoms with Crippen LogP contribution < -0.4 is 10.5 Å². The van der Waals surface area contributed by atoms with Gasteiger partial charge in [-0.15, -0.1) is 0 Å². The van der Waals surface area contributed by atoms with E-state index in [1.165, 1.54) is 0 Å². The maximum Gasteiger partial charge on any atom is 0.253 e. The zero-order valence-corrected chi connectivity index (χ0v) is 14.9. The molecule has 0 unspecified atom stereocenters. The monoisotopic (exact) mass is 358 g/mol. The van der Waals surface area contributed by atoms with Gasteiger partial charge in [0.05, 0.1) is 19.3 Å². The van der Waals surface area contributed by atoms with Crippen molar-refractivity contribution in [1.82, 2.24) is 14.7 Å². The van der Waals surface area contributed by atoms with Crippen LogP contribution in [0, 0.1) is 0 Å². The van der Waals surface area contributed by atoms with Crippen LogP contribution in [0.15, 0.2) is 42.7 Å². The number of ether oxygens (including phenoxy) is 2. The average molecular weight is 358 g/mol. The van der Waals surface area contributed by atoms with Gasteiger partial charge < -0.3 is 20.1 Å².